The fourth-order valence-electron chi connectivity index (χ4n) is 2.18. The Morgan fingerprint density at radius 2 is 1.62 bits per heavy atom. The molecule has 2 aromatic rings. The minimum Gasteiger partial charge on any atom is -0.497 e. The molecule has 0 aromatic heterocycles. The van der Waals surface area contributed by atoms with E-state index >= 15 is 0 Å². The van der Waals surface area contributed by atoms with E-state index in [1.165, 1.54) is 0 Å². The van der Waals surface area contributed by atoms with Crippen molar-refractivity contribution in [2.75, 3.05) is 14.2 Å². The first-order valence-corrected chi connectivity index (χ1v) is 6.85. The van der Waals surface area contributed by atoms with Crippen LogP contribution in [0.3, 0.4) is 0 Å². The number of nitrogens with two attached hydrogens (primary N) is 1. The first kappa shape index (κ1) is 15.2. The molecule has 0 radical (unpaired) electrons. The Balaban J connectivity index is 2.31. The Bertz CT molecular complexity index is 584. The lowest BCUT2D eigenvalue weighted by molar-refractivity contribution is 0.175. The van der Waals surface area contributed by atoms with Gasteiger partial charge >= 0.3 is 0 Å². The number of ether oxygens (including phenoxy) is 3. The van der Waals surface area contributed by atoms with Crippen molar-refractivity contribution in [1.29, 1.82) is 0 Å². The zero-order valence-electron chi connectivity index (χ0n) is 12.6. The Morgan fingerprint density at radius 3 is 2.29 bits per heavy atom. The molecule has 0 fully saturated rings. The second-order valence-corrected chi connectivity index (χ2v) is 4.82. The summed E-state index contributed by atoms with van der Waals surface area (Å²) >= 11 is 0. The Morgan fingerprint density at radius 1 is 0.905 bits per heavy atom. The van der Waals surface area contributed by atoms with E-state index in [1.54, 1.807) is 14.2 Å². The maximum Gasteiger partial charge on any atom is 0.142 e. The van der Waals surface area contributed by atoms with Gasteiger partial charge in [0.15, 0.2) is 0 Å². The van der Waals surface area contributed by atoms with Gasteiger partial charge in [-0.2, -0.15) is 0 Å². The van der Waals surface area contributed by atoms with Crippen LogP contribution in [0.4, 0.5) is 0 Å². The molecule has 0 aliphatic rings. The second kappa shape index (κ2) is 6.99. The van der Waals surface area contributed by atoms with Crippen LogP contribution in [0.1, 0.15) is 18.6 Å². The van der Waals surface area contributed by atoms with Crippen molar-refractivity contribution in [3.63, 3.8) is 0 Å². The highest BCUT2D eigenvalue weighted by atomic mass is 16.5. The molecule has 0 saturated carbocycles. The fourth-order valence-corrected chi connectivity index (χ4v) is 2.18. The van der Waals surface area contributed by atoms with Crippen LogP contribution in [-0.4, -0.2) is 20.3 Å². The van der Waals surface area contributed by atoms with Crippen LogP contribution in [0, 0.1) is 0 Å². The number of para-hydroxylation sites is 1. The molecule has 2 N–H and O–H groups in total. The summed E-state index contributed by atoms with van der Waals surface area (Å²) in [5, 5.41) is 0. The normalized spacial score (nSPS) is 13.3. The molecule has 4 nitrogen and oxygen atoms in total. The molecular weight excluding hydrogens is 266 g/mol. The van der Waals surface area contributed by atoms with E-state index in [0.717, 1.165) is 17.1 Å². The summed E-state index contributed by atoms with van der Waals surface area (Å²) in [7, 11) is 3.27. The summed E-state index contributed by atoms with van der Waals surface area (Å²) in [4.78, 5) is 0. The predicted molar refractivity (Wildman–Crippen MR) is 83.0 cm³/mol. The van der Waals surface area contributed by atoms with E-state index in [9.17, 15) is 0 Å². The van der Waals surface area contributed by atoms with Gasteiger partial charge in [-0.15, -0.1) is 0 Å². The van der Waals surface area contributed by atoms with E-state index < -0.39 is 0 Å². The van der Waals surface area contributed by atoms with Gasteiger partial charge in [-0.3, -0.25) is 0 Å². The Labute approximate surface area is 125 Å². The average Bonchev–Trinajstić information content (AvgIpc) is 2.52. The predicted octanol–water partition coefficient (Wildman–Crippen LogP) is 3.17. The zero-order chi connectivity index (χ0) is 15.2. The molecule has 112 valence electrons. The molecule has 0 amide bonds. The van der Waals surface area contributed by atoms with Gasteiger partial charge in [-0.05, 0) is 25.1 Å². The van der Waals surface area contributed by atoms with E-state index in [1.807, 2.05) is 55.5 Å². The largest absolute Gasteiger partial charge is 0.497 e. The van der Waals surface area contributed by atoms with Crippen molar-refractivity contribution < 1.29 is 14.2 Å². The summed E-state index contributed by atoms with van der Waals surface area (Å²) in [6, 6.07) is 15.0. The van der Waals surface area contributed by atoms with E-state index in [0.29, 0.717) is 5.75 Å². The molecule has 0 bridgehead atoms. The number of hydrogen-bond acceptors (Lipinski definition) is 4. The molecule has 0 saturated heterocycles. The van der Waals surface area contributed by atoms with Crippen LogP contribution in [0.25, 0.3) is 0 Å². The van der Waals surface area contributed by atoms with Crippen LogP contribution in [0.15, 0.2) is 48.5 Å². The van der Waals surface area contributed by atoms with Crippen LogP contribution in [0.5, 0.6) is 17.2 Å². The standard InChI is InChI=1S/C17H21NO3/c1-12(18)17(15-9-4-5-10-16(15)20-3)21-14-8-6-7-13(11-14)19-2/h4-12,17H,18H2,1-3H3. The molecule has 0 heterocycles. The lowest BCUT2D eigenvalue weighted by atomic mass is 10.0. The van der Waals surface area contributed by atoms with Crippen molar-refractivity contribution >= 4 is 0 Å². The van der Waals surface area contributed by atoms with Gasteiger partial charge in [-0.25, -0.2) is 0 Å². The van der Waals surface area contributed by atoms with Crippen molar-refractivity contribution in [3.05, 3.63) is 54.1 Å². The van der Waals surface area contributed by atoms with Crippen molar-refractivity contribution in [2.24, 2.45) is 5.73 Å². The van der Waals surface area contributed by atoms with Crippen LogP contribution < -0.4 is 19.9 Å². The third-order valence-corrected chi connectivity index (χ3v) is 3.23. The van der Waals surface area contributed by atoms with Crippen molar-refractivity contribution in [1.82, 2.24) is 0 Å². The van der Waals surface area contributed by atoms with Crippen LogP contribution >= 0.6 is 0 Å². The fraction of sp³-hybridized carbons (Fsp3) is 0.294. The molecular formula is C17H21NO3. The molecule has 0 aliphatic carbocycles. The number of benzene rings is 2. The quantitative estimate of drug-likeness (QED) is 0.886. The SMILES string of the molecule is COc1cccc(OC(c2ccccc2OC)C(C)N)c1. The highest BCUT2D eigenvalue weighted by Crippen LogP contribution is 2.31. The van der Waals surface area contributed by atoms with Gasteiger partial charge in [0.25, 0.3) is 0 Å². The highest BCUT2D eigenvalue weighted by molar-refractivity contribution is 5.38. The van der Waals surface area contributed by atoms with Gasteiger partial charge in [-0.1, -0.05) is 24.3 Å². The van der Waals surface area contributed by atoms with Gasteiger partial charge in [0.05, 0.1) is 14.2 Å². The molecule has 2 aromatic carbocycles. The zero-order valence-corrected chi connectivity index (χ0v) is 12.6. The third kappa shape index (κ3) is 3.67. The molecule has 0 spiro atoms. The first-order valence-electron chi connectivity index (χ1n) is 6.85. The average molecular weight is 287 g/mol. The van der Waals surface area contributed by atoms with E-state index in [4.69, 9.17) is 19.9 Å². The maximum atomic E-state index is 6.10. The lowest BCUT2D eigenvalue weighted by Gasteiger charge is -2.24. The number of hydrogen-bond donors (Lipinski definition) is 1. The first-order chi connectivity index (χ1) is 10.2. The summed E-state index contributed by atoms with van der Waals surface area (Å²) in [6.07, 6.45) is -0.298. The van der Waals surface area contributed by atoms with Gasteiger partial charge in [0, 0.05) is 17.7 Å². The topological polar surface area (TPSA) is 53.7 Å². The molecule has 4 heteroatoms. The molecule has 2 rings (SSSR count). The summed E-state index contributed by atoms with van der Waals surface area (Å²) in [5.41, 5.74) is 7.03. The molecule has 2 atom stereocenters. The Kier molecular flexibility index (Phi) is 5.06. The van der Waals surface area contributed by atoms with Gasteiger partial charge in [0.1, 0.15) is 23.4 Å². The molecule has 2 unspecified atom stereocenters. The lowest BCUT2D eigenvalue weighted by Crippen LogP contribution is -2.29. The monoisotopic (exact) mass is 287 g/mol. The van der Waals surface area contributed by atoms with Crippen LogP contribution in [-0.2, 0) is 0 Å². The summed E-state index contributed by atoms with van der Waals surface area (Å²) in [5.74, 6) is 2.22. The highest BCUT2D eigenvalue weighted by Gasteiger charge is 2.22. The van der Waals surface area contributed by atoms with Crippen molar-refractivity contribution in [3.8, 4) is 17.2 Å². The minimum absolute atomic E-state index is 0.187. The summed E-state index contributed by atoms with van der Waals surface area (Å²) < 4.78 is 16.7. The molecule has 21 heavy (non-hydrogen) atoms. The minimum atomic E-state index is -0.298. The van der Waals surface area contributed by atoms with Gasteiger partial charge < -0.3 is 19.9 Å². The molecule has 0 aliphatic heterocycles. The Hall–Kier alpha value is -2.20. The van der Waals surface area contributed by atoms with E-state index in [2.05, 4.69) is 0 Å². The summed E-state index contributed by atoms with van der Waals surface area (Å²) in [6.45, 7) is 1.91. The van der Waals surface area contributed by atoms with Crippen molar-refractivity contribution in [2.45, 2.75) is 19.1 Å². The van der Waals surface area contributed by atoms with Crippen LogP contribution in [0.2, 0.25) is 0 Å². The second-order valence-electron chi connectivity index (χ2n) is 4.82. The van der Waals surface area contributed by atoms with E-state index in [-0.39, 0.29) is 12.1 Å². The smallest absolute Gasteiger partial charge is 0.142 e. The third-order valence-electron chi connectivity index (χ3n) is 3.23. The number of rotatable bonds is 6. The number of methoxy groups -OCH3 is 2. The maximum absolute atomic E-state index is 6.10. The van der Waals surface area contributed by atoms with Gasteiger partial charge in [0.2, 0.25) is 0 Å².